The van der Waals surface area contributed by atoms with E-state index in [1.54, 1.807) is 6.20 Å². The van der Waals surface area contributed by atoms with Crippen LogP contribution >= 0.6 is 17.0 Å². The summed E-state index contributed by atoms with van der Waals surface area (Å²) >= 11 is 0. The number of hydrogen-bond donors (Lipinski definition) is 0. The van der Waals surface area contributed by atoms with Crippen LogP contribution in [0.4, 0.5) is 0 Å². The molecular weight excluding hydrogens is 250 g/mol. The topological polar surface area (TPSA) is 12.9 Å². The summed E-state index contributed by atoms with van der Waals surface area (Å²) in [5.74, 6) is 0. The van der Waals surface area contributed by atoms with Gasteiger partial charge < -0.3 is 0 Å². The van der Waals surface area contributed by atoms with Gasteiger partial charge in [0.1, 0.15) is 0 Å². The molecule has 2 heteroatoms. The number of benzene rings is 1. The van der Waals surface area contributed by atoms with Crippen molar-refractivity contribution in [2.24, 2.45) is 0 Å². The predicted molar refractivity (Wildman–Crippen MR) is 69.4 cm³/mol. The van der Waals surface area contributed by atoms with Gasteiger partial charge in [0.05, 0.1) is 0 Å². The third kappa shape index (κ3) is 2.90. The smallest absolute Gasteiger partial charge is 0.0299 e. The molecule has 0 fully saturated rings. The van der Waals surface area contributed by atoms with Crippen molar-refractivity contribution in [3.63, 3.8) is 0 Å². The Labute approximate surface area is 101 Å². The molecule has 1 aromatic rings. The van der Waals surface area contributed by atoms with E-state index in [1.807, 2.05) is 12.3 Å². The molecule has 3 rings (SSSR count). The fourth-order valence-electron chi connectivity index (χ4n) is 1.27. The van der Waals surface area contributed by atoms with Crippen molar-refractivity contribution in [2.45, 2.75) is 13.3 Å². The Bertz CT molecular complexity index is 374. The van der Waals surface area contributed by atoms with Crippen LogP contribution in [-0.4, -0.2) is 4.98 Å². The molecule has 0 saturated heterocycles. The van der Waals surface area contributed by atoms with Gasteiger partial charge in [0.2, 0.25) is 0 Å². The van der Waals surface area contributed by atoms with Crippen LogP contribution in [0, 0.1) is 0 Å². The summed E-state index contributed by atoms with van der Waals surface area (Å²) in [5.41, 5.74) is 4.15. The van der Waals surface area contributed by atoms with Crippen LogP contribution in [0.1, 0.15) is 12.5 Å². The Balaban J connectivity index is 0.000000144. The third-order valence-corrected chi connectivity index (χ3v) is 2.35. The van der Waals surface area contributed by atoms with Crippen LogP contribution in [0.3, 0.4) is 0 Å². The maximum atomic E-state index is 3.96. The highest BCUT2D eigenvalue weighted by Gasteiger charge is 2.03. The van der Waals surface area contributed by atoms with Gasteiger partial charge in [-0.3, -0.25) is 4.98 Å². The zero-order chi connectivity index (χ0) is 9.80. The van der Waals surface area contributed by atoms with Crippen molar-refractivity contribution in [2.75, 3.05) is 0 Å². The van der Waals surface area contributed by atoms with E-state index in [9.17, 15) is 0 Å². The van der Waals surface area contributed by atoms with Gasteiger partial charge in [0, 0.05) is 12.4 Å². The first-order chi connectivity index (χ1) is 6.90. The molecule has 0 N–H and O–H groups in total. The molecule has 15 heavy (non-hydrogen) atoms. The molecule has 2 aliphatic carbocycles. The molecule has 0 spiro atoms. The van der Waals surface area contributed by atoms with Crippen LogP contribution < -0.4 is 0 Å². The Morgan fingerprint density at radius 1 is 1.00 bits per heavy atom. The minimum absolute atomic E-state index is 0. The summed E-state index contributed by atoms with van der Waals surface area (Å²) in [6.45, 7) is 2.12. The number of rotatable bonds is 1. The minimum atomic E-state index is 0. The standard InChI is InChI=1S/C7H9N.C6H4.BrH/c1-2-7-4-3-5-8-6-7;1-2-6-4-3-5(1)6;/h3-6H,2H2,1H3;1-4H;1H. The van der Waals surface area contributed by atoms with Gasteiger partial charge in [-0.15, -0.1) is 17.0 Å². The summed E-state index contributed by atoms with van der Waals surface area (Å²) in [6, 6.07) is 12.5. The highest BCUT2D eigenvalue weighted by Crippen LogP contribution is 2.29. The number of aromatic nitrogens is 1. The van der Waals surface area contributed by atoms with Gasteiger partial charge in [0.15, 0.2) is 0 Å². The monoisotopic (exact) mass is 263 g/mol. The van der Waals surface area contributed by atoms with E-state index >= 15 is 0 Å². The molecule has 0 aliphatic heterocycles. The first-order valence-corrected chi connectivity index (χ1v) is 4.89. The summed E-state index contributed by atoms with van der Waals surface area (Å²) < 4.78 is 0. The normalized spacial score (nSPS) is 9.40. The first-order valence-electron chi connectivity index (χ1n) is 4.89. The van der Waals surface area contributed by atoms with E-state index in [0.29, 0.717) is 0 Å². The maximum Gasteiger partial charge on any atom is 0.0299 e. The molecule has 0 amide bonds. The van der Waals surface area contributed by atoms with E-state index in [-0.39, 0.29) is 17.0 Å². The largest absolute Gasteiger partial charge is 0.264 e. The van der Waals surface area contributed by atoms with E-state index < -0.39 is 0 Å². The Kier molecular flexibility index (Phi) is 4.50. The lowest BCUT2D eigenvalue weighted by Gasteiger charge is -2.10. The molecule has 1 nitrogen and oxygen atoms in total. The highest BCUT2D eigenvalue weighted by atomic mass is 79.9. The van der Waals surface area contributed by atoms with Crippen molar-refractivity contribution >= 4 is 17.0 Å². The number of hydrogen-bond acceptors (Lipinski definition) is 1. The molecule has 0 unspecified atom stereocenters. The second-order valence-electron chi connectivity index (χ2n) is 3.29. The van der Waals surface area contributed by atoms with Crippen molar-refractivity contribution in [3.8, 4) is 11.1 Å². The zero-order valence-corrected chi connectivity index (χ0v) is 10.4. The molecule has 2 aliphatic rings. The van der Waals surface area contributed by atoms with Crippen molar-refractivity contribution < 1.29 is 0 Å². The highest BCUT2D eigenvalue weighted by molar-refractivity contribution is 8.93. The van der Waals surface area contributed by atoms with Gasteiger partial charge in [-0.1, -0.05) is 37.3 Å². The zero-order valence-electron chi connectivity index (χ0n) is 8.68. The fraction of sp³-hybridized carbons (Fsp3) is 0.154. The van der Waals surface area contributed by atoms with E-state index in [1.165, 1.54) is 16.7 Å². The molecular formula is C13H14BrN. The van der Waals surface area contributed by atoms with Crippen molar-refractivity contribution in [1.82, 2.24) is 4.98 Å². The lowest BCUT2D eigenvalue weighted by molar-refractivity contribution is 1.10. The summed E-state index contributed by atoms with van der Waals surface area (Å²) in [7, 11) is 0. The number of pyridine rings is 1. The van der Waals surface area contributed by atoms with E-state index in [0.717, 1.165) is 6.42 Å². The summed E-state index contributed by atoms with van der Waals surface area (Å²) in [4.78, 5) is 3.96. The number of fused-ring (bicyclic) bond motifs is 1. The summed E-state index contributed by atoms with van der Waals surface area (Å²) in [5, 5.41) is 0. The molecule has 0 atom stereocenters. The van der Waals surface area contributed by atoms with Gasteiger partial charge in [-0.05, 0) is 29.2 Å². The second kappa shape index (κ2) is 5.66. The quantitative estimate of drug-likeness (QED) is 0.649. The van der Waals surface area contributed by atoms with Gasteiger partial charge in [-0.25, -0.2) is 0 Å². The third-order valence-electron chi connectivity index (χ3n) is 2.35. The molecule has 1 heterocycles. The lowest BCUT2D eigenvalue weighted by atomic mass is 9.95. The van der Waals surface area contributed by atoms with Crippen LogP contribution in [0.2, 0.25) is 0 Å². The average molecular weight is 264 g/mol. The van der Waals surface area contributed by atoms with E-state index in [2.05, 4.69) is 42.2 Å². The second-order valence-corrected chi connectivity index (χ2v) is 3.29. The van der Waals surface area contributed by atoms with Gasteiger partial charge >= 0.3 is 0 Å². The van der Waals surface area contributed by atoms with Crippen LogP contribution in [-0.2, 0) is 6.42 Å². The molecule has 0 saturated carbocycles. The van der Waals surface area contributed by atoms with Gasteiger partial charge in [0.25, 0.3) is 0 Å². The van der Waals surface area contributed by atoms with Crippen LogP contribution in [0.15, 0.2) is 48.8 Å². The van der Waals surface area contributed by atoms with Crippen molar-refractivity contribution in [3.05, 3.63) is 54.4 Å². The molecule has 0 bridgehead atoms. The molecule has 78 valence electrons. The van der Waals surface area contributed by atoms with Crippen LogP contribution in [0.5, 0.6) is 0 Å². The average Bonchev–Trinajstić information content (AvgIpc) is 2.25. The fourth-order valence-corrected chi connectivity index (χ4v) is 1.27. The Morgan fingerprint density at radius 3 is 1.80 bits per heavy atom. The Morgan fingerprint density at radius 2 is 1.60 bits per heavy atom. The van der Waals surface area contributed by atoms with Gasteiger partial charge in [-0.2, -0.15) is 0 Å². The van der Waals surface area contributed by atoms with Crippen molar-refractivity contribution in [1.29, 1.82) is 0 Å². The molecule has 0 radical (unpaired) electrons. The SMILES string of the molecule is Br.CCc1cccnc1.c1cc2ccc1-2. The first kappa shape index (κ1) is 11.9. The number of aryl methyl sites for hydroxylation is 1. The lowest BCUT2D eigenvalue weighted by Crippen LogP contribution is -1.85. The molecule has 1 aromatic heterocycles. The predicted octanol–water partition coefficient (Wildman–Crippen LogP) is 3.89. The molecule has 0 aromatic carbocycles. The number of halogens is 1. The van der Waals surface area contributed by atoms with Crippen LogP contribution in [0.25, 0.3) is 11.1 Å². The minimum Gasteiger partial charge on any atom is -0.264 e. The Hall–Kier alpha value is -1.15. The summed E-state index contributed by atoms with van der Waals surface area (Å²) in [6.07, 6.45) is 4.76. The maximum absolute atomic E-state index is 3.96. The van der Waals surface area contributed by atoms with E-state index in [4.69, 9.17) is 0 Å². The number of nitrogens with zero attached hydrogens (tertiary/aromatic N) is 1.